The van der Waals surface area contributed by atoms with Crippen molar-refractivity contribution in [3.63, 3.8) is 0 Å². The number of hydrogen-bond donors (Lipinski definition) is 0. The van der Waals surface area contributed by atoms with Gasteiger partial charge in [0, 0.05) is 5.56 Å². The van der Waals surface area contributed by atoms with E-state index in [4.69, 9.17) is 4.74 Å². The number of carbonyl (C=O) groups is 2. The fraction of sp³-hybridized carbons (Fsp3) is 0.222. The Balaban J connectivity index is 1.87. The lowest BCUT2D eigenvalue weighted by Gasteiger charge is -2.29. The Morgan fingerprint density at radius 2 is 1.87 bits per heavy atom. The Morgan fingerprint density at radius 3 is 2.57 bits per heavy atom. The van der Waals surface area contributed by atoms with Crippen LogP contribution in [0.15, 0.2) is 48.5 Å². The molecule has 0 N–H and O–H groups in total. The third-order valence-corrected chi connectivity index (χ3v) is 3.95. The summed E-state index contributed by atoms with van der Waals surface area (Å²) in [5.41, 5.74) is 0.305. The molecule has 0 radical (unpaired) electrons. The summed E-state index contributed by atoms with van der Waals surface area (Å²) in [6.45, 7) is 3.33. The second-order valence-corrected chi connectivity index (χ2v) is 5.93. The van der Waals surface area contributed by atoms with Gasteiger partial charge in [0.05, 0.1) is 5.69 Å². The summed E-state index contributed by atoms with van der Waals surface area (Å²) in [5.74, 6) is -0.737. The number of halogens is 1. The molecule has 0 saturated heterocycles. The molecule has 23 heavy (non-hydrogen) atoms. The number of fused-ring (bicyclic) bond motifs is 1. The van der Waals surface area contributed by atoms with Gasteiger partial charge in [-0.3, -0.25) is 9.69 Å². The average molecular weight is 313 g/mol. The molecule has 1 aliphatic heterocycles. The average Bonchev–Trinajstić information content (AvgIpc) is 2.72. The van der Waals surface area contributed by atoms with Crippen LogP contribution in [0.4, 0.5) is 14.9 Å². The van der Waals surface area contributed by atoms with Gasteiger partial charge in [-0.2, -0.15) is 0 Å². The Kier molecular flexibility index (Phi) is 3.64. The van der Waals surface area contributed by atoms with Crippen LogP contribution in [0.1, 0.15) is 29.8 Å². The smallest absolute Gasteiger partial charge is 0.415 e. The predicted molar refractivity (Wildman–Crippen MR) is 83.9 cm³/mol. The van der Waals surface area contributed by atoms with Crippen LogP contribution >= 0.6 is 0 Å². The highest BCUT2D eigenvalue weighted by Crippen LogP contribution is 2.39. The lowest BCUT2D eigenvalue weighted by atomic mass is 9.98. The molecule has 0 atom stereocenters. The second kappa shape index (κ2) is 5.50. The van der Waals surface area contributed by atoms with Gasteiger partial charge in [0.1, 0.15) is 18.0 Å². The molecular weight excluding hydrogens is 297 g/mol. The summed E-state index contributed by atoms with van der Waals surface area (Å²) in [6, 6.07) is 13.0. The van der Waals surface area contributed by atoms with E-state index in [1.807, 2.05) is 30.3 Å². The number of ketones is 1. The summed E-state index contributed by atoms with van der Waals surface area (Å²) < 4.78 is 18.8. The first-order chi connectivity index (χ1) is 10.9. The molecule has 1 amide bonds. The fourth-order valence-corrected chi connectivity index (χ4v) is 2.72. The topological polar surface area (TPSA) is 46.6 Å². The van der Waals surface area contributed by atoms with Crippen LogP contribution in [-0.4, -0.2) is 17.4 Å². The van der Waals surface area contributed by atoms with Gasteiger partial charge >= 0.3 is 6.09 Å². The summed E-state index contributed by atoms with van der Waals surface area (Å²) in [5, 5.41) is 0. The lowest BCUT2D eigenvalue weighted by Crippen LogP contribution is -2.48. The molecule has 5 heteroatoms. The van der Waals surface area contributed by atoms with Gasteiger partial charge in [-0.15, -0.1) is 0 Å². The maximum atomic E-state index is 13.5. The number of amides is 1. The summed E-state index contributed by atoms with van der Waals surface area (Å²) in [4.78, 5) is 26.1. The molecule has 2 aromatic carbocycles. The van der Waals surface area contributed by atoms with Gasteiger partial charge < -0.3 is 4.74 Å². The highest BCUT2D eigenvalue weighted by molar-refractivity contribution is 6.19. The summed E-state index contributed by atoms with van der Waals surface area (Å²) >= 11 is 0. The van der Waals surface area contributed by atoms with Crippen LogP contribution in [0.2, 0.25) is 0 Å². The minimum atomic E-state index is -1.11. The molecule has 0 fully saturated rings. The zero-order chi connectivity index (χ0) is 16.6. The molecule has 1 aliphatic rings. The maximum Gasteiger partial charge on any atom is 0.415 e. The van der Waals surface area contributed by atoms with E-state index < -0.39 is 17.4 Å². The number of rotatable bonds is 2. The first kappa shape index (κ1) is 15.2. The van der Waals surface area contributed by atoms with Gasteiger partial charge in [0.15, 0.2) is 5.78 Å². The van der Waals surface area contributed by atoms with Crippen molar-refractivity contribution < 1.29 is 18.7 Å². The Bertz CT molecular complexity index is 771. The number of benzene rings is 2. The third kappa shape index (κ3) is 2.59. The van der Waals surface area contributed by atoms with E-state index in [9.17, 15) is 14.0 Å². The van der Waals surface area contributed by atoms with Crippen LogP contribution in [0.25, 0.3) is 0 Å². The Labute approximate surface area is 133 Å². The van der Waals surface area contributed by atoms with Crippen LogP contribution in [0, 0.1) is 5.82 Å². The Hall–Kier alpha value is -2.69. The number of anilines is 1. The van der Waals surface area contributed by atoms with Gasteiger partial charge in [-0.05, 0) is 37.6 Å². The van der Waals surface area contributed by atoms with Gasteiger partial charge in [0.25, 0.3) is 0 Å². The highest BCUT2D eigenvalue weighted by Gasteiger charge is 2.48. The zero-order valence-corrected chi connectivity index (χ0v) is 12.9. The normalized spacial score (nSPS) is 15.4. The summed E-state index contributed by atoms with van der Waals surface area (Å²) in [6.07, 6.45) is -0.670. The molecule has 2 aromatic rings. The van der Waals surface area contributed by atoms with Crippen molar-refractivity contribution in [3.8, 4) is 0 Å². The molecule has 3 rings (SSSR count). The van der Waals surface area contributed by atoms with Crippen molar-refractivity contribution in [3.05, 3.63) is 65.5 Å². The quantitative estimate of drug-likeness (QED) is 0.843. The SMILES string of the molecule is CC1(C)C(=O)c2ccc(F)cc2N1C(=O)OCc1ccccc1. The standard InChI is InChI=1S/C18H16FNO3/c1-18(2)16(21)14-9-8-13(19)10-15(14)20(18)17(22)23-11-12-6-4-3-5-7-12/h3-10H,11H2,1-2H3. The van der Waals surface area contributed by atoms with Crippen molar-refractivity contribution in [2.24, 2.45) is 0 Å². The molecule has 0 bridgehead atoms. The number of Topliss-reactive ketones (excluding diaryl/α,β-unsaturated/α-hetero) is 1. The second-order valence-electron chi connectivity index (χ2n) is 5.93. The van der Waals surface area contributed by atoms with Crippen molar-refractivity contribution in [2.75, 3.05) is 4.90 Å². The van der Waals surface area contributed by atoms with Gasteiger partial charge in [-0.25, -0.2) is 9.18 Å². The number of hydrogen-bond acceptors (Lipinski definition) is 3. The lowest BCUT2D eigenvalue weighted by molar-refractivity contribution is 0.0907. The highest BCUT2D eigenvalue weighted by atomic mass is 19.1. The van der Waals surface area contributed by atoms with Gasteiger partial charge in [0.2, 0.25) is 0 Å². The fourth-order valence-electron chi connectivity index (χ4n) is 2.72. The monoisotopic (exact) mass is 313 g/mol. The van der Waals surface area contributed by atoms with E-state index in [0.29, 0.717) is 5.56 Å². The molecule has 0 unspecified atom stereocenters. The van der Waals surface area contributed by atoms with Crippen molar-refractivity contribution in [2.45, 2.75) is 26.0 Å². The van der Waals surface area contributed by atoms with Gasteiger partial charge in [-0.1, -0.05) is 30.3 Å². The molecule has 1 heterocycles. The van der Waals surface area contributed by atoms with Crippen LogP contribution < -0.4 is 4.90 Å². The first-order valence-corrected chi connectivity index (χ1v) is 7.26. The summed E-state index contributed by atoms with van der Waals surface area (Å²) in [7, 11) is 0. The molecular formula is C18H16FNO3. The Morgan fingerprint density at radius 1 is 1.17 bits per heavy atom. The van der Waals surface area contributed by atoms with Crippen molar-refractivity contribution in [1.82, 2.24) is 0 Å². The number of carbonyl (C=O) groups excluding carboxylic acids is 2. The molecule has 0 aromatic heterocycles. The largest absolute Gasteiger partial charge is 0.444 e. The minimum Gasteiger partial charge on any atom is -0.444 e. The van der Waals surface area contributed by atoms with E-state index in [0.717, 1.165) is 5.56 Å². The molecule has 4 nitrogen and oxygen atoms in total. The van der Waals surface area contributed by atoms with E-state index in [-0.39, 0.29) is 18.1 Å². The zero-order valence-electron chi connectivity index (χ0n) is 12.9. The third-order valence-electron chi connectivity index (χ3n) is 3.95. The van der Waals surface area contributed by atoms with E-state index in [1.54, 1.807) is 13.8 Å². The number of nitrogens with zero attached hydrogens (tertiary/aromatic N) is 1. The van der Waals surface area contributed by atoms with Crippen LogP contribution in [-0.2, 0) is 11.3 Å². The van der Waals surface area contributed by atoms with Crippen LogP contribution in [0.5, 0.6) is 0 Å². The van der Waals surface area contributed by atoms with Crippen molar-refractivity contribution in [1.29, 1.82) is 0 Å². The van der Waals surface area contributed by atoms with Crippen LogP contribution in [0.3, 0.4) is 0 Å². The minimum absolute atomic E-state index is 0.0884. The molecule has 0 saturated carbocycles. The molecule has 0 spiro atoms. The predicted octanol–water partition coefficient (Wildman–Crippen LogP) is 3.94. The molecule has 0 aliphatic carbocycles. The van der Waals surface area contributed by atoms with E-state index in [1.165, 1.54) is 23.1 Å². The maximum absolute atomic E-state index is 13.5. The number of ether oxygens (including phenoxy) is 1. The van der Waals surface area contributed by atoms with E-state index in [2.05, 4.69) is 0 Å². The first-order valence-electron chi connectivity index (χ1n) is 7.26. The van der Waals surface area contributed by atoms with E-state index >= 15 is 0 Å². The molecule has 118 valence electrons. The van der Waals surface area contributed by atoms with Crippen molar-refractivity contribution >= 4 is 17.6 Å².